The number of nitrogens with zero attached hydrogens (tertiary/aromatic N) is 2. The van der Waals surface area contributed by atoms with E-state index in [-0.39, 0.29) is 0 Å². The summed E-state index contributed by atoms with van der Waals surface area (Å²) < 4.78 is 2.24. The molecule has 3 heteroatoms. The van der Waals surface area contributed by atoms with Crippen LogP contribution in [0.15, 0.2) is 12.4 Å². The van der Waals surface area contributed by atoms with Gasteiger partial charge in [-0.15, -0.1) is 0 Å². The zero-order valence-corrected chi connectivity index (χ0v) is 12.0. The molecule has 3 nitrogen and oxygen atoms in total. The van der Waals surface area contributed by atoms with Gasteiger partial charge < -0.3 is 9.88 Å². The predicted octanol–water partition coefficient (Wildman–Crippen LogP) is 3.03. The minimum atomic E-state index is 0.422. The molecule has 0 radical (unpaired) electrons. The van der Waals surface area contributed by atoms with Crippen molar-refractivity contribution in [2.75, 3.05) is 13.1 Å². The van der Waals surface area contributed by atoms with Crippen LogP contribution in [0.5, 0.6) is 0 Å². The molecule has 0 bridgehead atoms. The molecule has 0 saturated heterocycles. The molecule has 0 aliphatic carbocycles. The number of hydrogen-bond donors (Lipinski definition) is 1. The van der Waals surface area contributed by atoms with Crippen LogP contribution in [-0.4, -0.2) is 22.6 Å². The third kappa shape index (κ3) is 5.35. The molecule has 0 atom stereocenters. The molecule has 0 fully saturated rings. The van der Waals surface area contributed by atoms with E-state index in [2.05, 4.69) is 55.7 Å². The van der Waals surface area contributed by atoms with Crippen molar-refractivity contribution in [2.24, 2.45) is 5.41 Å². The van der Waals surface area contributed by atoms with Crippen LogP contribution < -0.4 is 5.32 Å². The van der Waals surface area contributed by atoms with E-state index < -0.39 is 0 Å². The van der Waals surface area contributed by atoms with E-state index in [1.165, 1.54) is 12.2 Å². The Hall–Kier alpha value is -0.830. The zero-order valence-electron chi connectivity index (χ0n) is 12.0. The minimum absolute atomic E-state index is 0.422. The van der Waals surface area contributed by atoms with Gasteiger partial charge in [-0.2, -0.15) is 0 Å². The van der Waals surface area contributed by atoms with Gasteiger partial charge in [-0.1, -0.05) is 34.6 Å². The molecule has 0 unspecified atom stereocenters. The summed E-state index contributed by atoms with van der Waals surface area (Å²) in [6.45, 7) is 14.3. The number of hydrogen-bond acceptors (Lipinski definition) is 2. The van der Waals surface area contributed by atoms with Gasteiger partial charge in [0.2, 0.25) is 0 Å². The second-order valence-electron chi connectivity index (χ2n) is 6.19. The molecule has 1 rings (SSSR count). The first kappa shape index (κ1) is 14.2. The van der Waals surface area contributed by atoms with Gasteiger partial charge in [0.1, 0.15) is 5.82 Å². The number of imidazole rings is 1. The highest BCUT2D eigenvalue weighted by Crippen LogP contribution is 2.16. The summed E-state index contributed by atoms with van der Waals surface area (Å²) in [7, 11) is 0. The largest absolute Gasteiger partial charge is 0.333 e. The molecular weight excluding hydrogens is 210 g/mol. The van der Waals surface area contributed by atoms with Crippen molar-refractivity contribution in [3.63, 3.8) is 0 Å². The molecule has 1 aromatic rings. The molecule has 98 valence electrons. The van der Waals surface area contributed by atoms with Gasteiger partial charge in [-0.3, -0.25) is 0 Å². The lowest BCUT2D eigenvalue weighted by Gasteiger charge is -2.18. The molecule has 1 aromatic heterocycles. The van der Waals surface area contributed by atoms with E-state index in [9.17, 15) is 0 Å². The fourth-order valence-electron chi connectivity index (χ4n) is 1.80. The van der Waals surface area contributed by atoms with Crippen molar-refractivity contribution in [3.05, 3.63) is 18.2 Å². The average molecular weight is 237 g/mol. The van der Waals surface area contributed by atoms with E-state index in [1.807, 2.05) is 6.20 Å². The first-order valence-corrected chi connectivity index (χ1v) is 6.62. The van der Waals surface area contributed by atoms with Crippen LogP contribution in [0.1, 0.15) is 52.8 Å². The molecule has 17 heavy (non-hydrogen) atoms. The van der Waals surface area contributed by atoms with Crippen LogP contribution in [0.4, 0.5) is 0 Å². The summed E-state index contributed by atoms with van der Waals surface area (Å²) in [6, 6.07) is 0. The molecule has 0 spiro atoms. The Labute approximate surface area is 106 Å². The van der Waals surface area contributed by atoms with E-state index >= 15 is 0 Å². The normalized spacial score (nSPS) is 12.4. The molecule has 1 heterocycles. The Bertz CT molecular complexity index is 320. The van der Waals surface area contributed by atoms with Gasteiger partial charge in [0.05, 0.1) is 0 Å². The minimum Gasteiger partial charge on any atom is -0.333 e. The van der Waals surface area contributed by atoms with Gasteiger partial charge >= 0.3 is 0 Å². The standard InChI is InChI=1S/C14H27N3/c1-12(2)13-16-9-11-17(13)10-8-15-7-6-14(3,4)5/h9,11-12,15H,6-8,10H2,1-5H3. The van der Waals surface area contributed by atoms with Gasteiger partial charge in [-0.05, 0) is 18.4 Å². The van der Waals surface area contributed by atoms with Crippen LogP contribution in [0.25, 0.3) is 0 Å². The number of rotatable bonds is 6. The lowest BCUT2D eigenvalue weighted by molar-refractivity contribution is 0.365. The molecule has 0 amide bonds. The van der Waals surface area contributed by atoms with Crippen LogP contribution in [0, 0.1) is 5.41 Å². The smallest absolute Gasteiger partial charge is 0.111 e. The highest BCUT2D eigenvalue weighted by Gasteiger charge is 2.09. The summed E-state index contributed by atoms with van der Waals surface area (Å²) in [5.41, 5.74) is 0.422. The van der Waals surface area contributed by atoms with Gasteiger partial charge in [0.25, 0.3) is 0 Å². The van der Waals surface area contributed by atoms with E-state index in [4.69, 9.17) is 0 Å². The maximum atomic E-state index is 4.39. The Balaban J connectivity index is 2.25. The maximum absolute atomic E-state index is 4.39. The van der Waals surface area contributed by atoms with Gasteiger partial charge in [-0.25, -0.2) is 4.98 Å². The third-order valence-electron chi connectivity index (χ3n) is 2.85. The third-order valence-corrected chi connectivity index (χ3v) is 2.85. The van der Waals surface area contributed by atoms with Crippen molar-refractivity contribution in [2.45, 2.75) is 53.5 Å². The highest BCUT2D eigenvalue weighted by atomic mass is 15.1. The second kappa shape index (κ2) is 6.20. The van der Waals surface area contributed by atoms with Crippen molar-refractivity contribution < 1.29 is 0 Å². The molecule has 0 aliphatic heterocycles. The van der Waals surface area contributed by atoms with Crippen molar-refractivity contribution in [1.29, 1.82) is 0 Å². The Kier molecular flexibility index (Phi) is 5.19. The number of aromatic nitrogens is 2. The molecule has 0 saturated carbocycles. The van der Waals surface area contributed by atoms with E-state index in [0.717, 1.165) is 19.6 Å². The zero-order chi connectivity index (χ0) is 12.9. The summed E-state index contributed by atoms with van der Waals surface area (Å²) in [5.74, 6) is 1.68. The topological polar surface area (TPSA) is 29.9 Å². The average Bonchev–Trinajstić information content (AvgIpc) is 2.63. The number of nitrogens with one attached hydrogen (secondary N) is 1. The maximum Gasteiger partial charge on any atom is 0.111 e. The Morgan fingerprint density at radius 2 is 2.00 bits per heavy atom. The molecule has 0 aromatic carbocycles. The van der Waals surface area contributed by atoms with Crippen molar-refractivity contribution in [3.8, 4) is 0 Å². The molecule has 0 aliphatic rings. The van der Waals surface area contributed by atoms with Crippen LogP contribution in [0.3, 0.4) is 0 Å². The Morgan fingerprint density at radius 1 is 1.29 bits per heavy atom. The quantitative estimate of drug-likeness (QED) is 0.771. The Morgan fingerprint density at radius 3 is 2.59 bits per heavy atom. The summed E-state index contributed by atoms with van der Waals surface area (Å²) in [4.78, 5) is 4.39. The molecular formula is C14H27N3. The van der Waals surface area contributed by atoms with E-state index in [1.54, 1.807) is 0 Å². The summed E-state index contributed by atoms with van der Waals surface area (Å²) >= 11 is 0. The van der Waals surface area contributed by atoms with Gasteiger partial charge in [0.15, 0.2) is 0 Å². The van der Waals surface area contributed by atoms with Crippen LogP contribution in [-0.2, 0) is 6.54 Å². The first-order chi connectivity index (χ1) is 7.90. The van der Waals surface area contributed by atoms with Crippen LogP contribution in [0.2, 0.25) is 0 Å². The summed E-state index contributed by atoms with van der Waals surface area (Å²) in [6.07, 6.45) is 5.18. The SMILES string of the molecule is CC(C)c1nccn1CCNCCC(C)(C)C. The fraction of sp³-hybridized carbons (Fsp3) is 0.786. The predicted molar refractivity (Wildman–Crippen MR) is 73.3 cm³/mol. The summed E-state index contributed by atoms with van der Waals surface area (Å²) in [5, 5.41) is 3.50. The molecule has 1 N–H and O–H groups in total. The lowest BCUT2D eigenvalue weighted by atomic mass is 9.92. The lowest BCUT2D eigenvalue weighted by Crippen LogP contribution is -2.24. The van der Waals surface area contributed by atoms with Crippen LogP contribution >= 0.6 is 0 Å². The monoisotopic (exact) mass is 237 g/mol. The van der Waals surface area contributed by atoms with Crippen molar-refractivity contribution in [1.82, 2.24) is 14.9 Å². The highest BCUT2D eigenvalue weighted by molar-refractivity contribution is 4.97. The van der Waals surface area contributed by atoms with Crippen molar-refractivity contribution >= 4 is 0 Å². The van der Waals surface area contributed by atoms with E-state index in [0.29, 0.717) is 11.3 Å². The second-order valence-corrected chi connectivity index (χ2v) is 6.19. The van der Waals surface area contributed by atoms with Gasteiger partial charge in [0, 0.05) is 31.4 Å². The first-order valence-electron chi connectivity index (χ1n) is 6.62. The fourth-order valence-corrected chi connectivity index (χ4v) is 1.80.